The van der Waals surface area contributed by atoms with Crippen LogP contribution in [0.2, 0.25) is 0 Å². The Bertz CT molecular complexity index is 529. The van der Waals surface area contributed by atoms with E-state index in [1.54, 1.807) is 6.92 Å². The van der Waals surface area contributed by atoms with Crippen LogP contribution in [0.5, 0.6) is 0 Å². The number of carbonyl (C=O) groups excluding carboxylic acids is 4. The van der Waals surface area contributed by atoms with Crippen molar-refractivity contribution in [3.8, 4) is 0 Å². The van der Waals surface area contributed by atoms with Crippen LogP contribution < -0.4 is 10.6 Å². The predicted octanol–water partition coefficient (Wildman–Crippen LogP) is -0.164. The summed E-state index contributed by atoms with van der Waals surface area (Å²) < 4.78 is 10.6. The van der Waals surface area contributed by atoms with Crippen molar-refractivity contribution in [2.24, 2.45) is 5.92 Å². The van der Waals surface area contributed by atoms with E-state index in [0.717, 1.165) is 0 Å². The van der Waals surface area contributed by atoms with Gasteiger partial charge in [-0.2, -0.15) is 0 Å². The number of aliphatic hydroxyl groups is 1. The molecular weight excluding hydrogens is 394 g/mol. The monoisotopic (exact) mass is 431 g/mol. The molecule has 0 aromatic heterocycles. The van der Waals surface area contributed by atoms with Gasteiger partial charge in [-0.25, -0.2) is 0 Å². The van der Waals surface area contributed by atoms with Gasteiger partial charge in [0.05, 0.1) is 33.0 Å². The summed E-state index contributed by atoms with van der Waals surface area (Å²) in [5.74, 6) is -0.945. The van der Waals surface area contributed by atoms with Crippen molar-refractivity contribution in [2.45, 2.75) is 46.5 Å². The minimum absolute atomic E-state index is 0.0859. The molecule has 1 atom stereocenters. The average molecular weight is 432 g/mol. The second kappa shape index (κ2) is 17.8. The summed E-state index contributed by atoms with van der Waals surface area (Å²) in [6, 6.07) is 0. The third-order valence-corrected chi connectivity index (χ3v) is 4.10. The normalized spacial score (nSPS) is 15.6. The van der Waals surface area contributed by atoms with Crippen LogP contribution in [-0.4, -0.2) is 86.3 Å². The molecule has 1 aliphatic rings. The number of likely N-dealkylation sites (tertiary alicyclic amines) is 1. The maximum atomic E-state index is 11.8. The Balaban J connectivity index is 0.00000407. The summed E-state index contributed by atoms with van der Waals surface area (Å²) in [6.07, 6.45) is 1.03. The number of carbonyl (C=O) groups is 4. The lowest BCUT2D eigenvalue weighted by atomic mass is 10.1. The molecule has 0 spiro atoms. The molecule has 1 rings (SSSR count). The minimum atomic E-state index is -0.257. The molecule has 0 aliphatic carbocycles. The molecule has 0 saturated carbocycles. The van der Waals surface area contributed by atoms with Crippen molar-refractivity contribution in [3.63, 3.8) is 0 Å². The van der Waals surface area contributed by atoms with Crippen LogP contribution in [0.4, 0.5) is 0 Å². The van der Waals surface area contributed by atoms with Gasteiger partial charge in [-0.1, -0.05) is 20.8 Å². The van der Waals surface area contributed by atoms with Crippen molar-refractivity contribution in [2.75, 3.05) is 52.7 Å². The van der Waals surface area contributed by atoms with Crippen LogP contribution >= 0.6 is 0 Å². The van der Waals surface area contributed by atoms with Gasteiger partial charge in [0.15, 0.2) is 0 Å². The van der Waals surface area contributed by atoms with Crippen LogP contribution in [0.3, 0.4) is 0 Å². The van der Waals surface area contributed by atoms with Crippen molar-refractivity contribution < 1.29 is 33.8 Å². The summed E-state index contributed by atoms with van der Waals surface area (Å²) in [5, 5.41) is 13.9. The molecule has 10 nitrogen and oxygen atoms in total. The molecule has 174 valence electrons. The van der Waals surface area contributed by atoms with Gasteiger partial charge >= 0.3 is 0 Å². The zero-order chi connectivity index (χ0) is 22.8. The third-order valence-electron chi connectivity index (χ3n) is 4.10. The van der Waals surface area contributed by atoms with Gasteiger partial charge in [-0.05, 0) is 6.42 Å². The number of aliphatic hydroxyl groups excluding tert-OH is 1. The van der Waals surface area contributed by atoms with Crippen LogP contribution in [0.1, 0.15) is 46.5 Å². The summed E-state index contributed by atoms with van der Waals surface area (Å²) >= 11 is 0. The van der Waals surface area contributed by atoms with Crippen LogP contribution in [0, 0.1) is 5.92 Å². The summed E-state index contributed by atoms with van der Waals surface area (Å²) in [5.41, 5.74) is 0. The largest absolute Gasteiger partial charge is 0.396 e. The molecule has 1 heterocycles. The lowest BCUT2D eigenvalue weighted by molar-refractivity contribution is -0.139. The van der Waals surface area contributed by atoms with Crippen molar-refractivity contribution in [1.82, 2.24) is 15.5 Å². The smallest absolute Gasteiger partial charge is 0.232 e. The van der Waals surface area contributed by atoms with Gasteiger partial charge in [0.25, 0.3) is 0 Å². The molecular formula is C20H37N3O7. The Morgan fingerprint density at radius 2 is 1.53 bits per heavy atom. The Labute approximate surface area is 178 Å². The first-order valence-electron chi connectivity index (χ1n) is 10.6. The van der Waals surface area contributed by atoms with Crippen molar-refractivity contribution >= 4 is 23.6 Å². The van der Waals surface area contributed by atoms with Gasteiger partial charge in [-0.15, -0.1) is 0 Å². The fourth-order valence-electron chi connectivity index (χ4n) is 2.61. The summed E-state index contributed by atoms with van der Waals surface area (Å²) in [4.78, 5) is 47.4. The highest BCUT2D eigenvalue weighted by atomic mass is 16.5. The van der Waals surface area contributed by atoms with E-state index in [1.165, 1.54) is 4.90 Å². The molecule has 1 fully saturated rings. The molecule has 1 saturated heterocycles. The van der Waals surface area contributed by atoms with Gasteiger partial charge in [0.1, 0.15) is 0 Å². The molecule has 4 amide bonds. The summed E-state index contributed by atoms with van der Waals surface area (Å²) in [7, 11) is 0. The SMILES string of the molecule is CC.CC1CC(=O)N(CCCC(=O)NCCOCCOCCNC(=O)CCO)C1=O. The second-order valence-corrected chi connectivity index (χ2v) is 6.49. The third kappa shape index (κ3) is 12.5. The number of nitrogens with zero attached hydrogens (tertiary/aromatic N) is 1. The maximum absolute atomic E-state index is 11.8. The molecule has 3 N–H and O–H groups in total. The van der Waals surface area contributed by atoms with E-state index in [0.29, 0.717) is 45.9 Å². The lowest BCUT2D eigenvalue weighted by Gasteiger charge is -2.14. The molecule has 0 bridgehead atoms. The topological polar surface area (TPSA) is 134 Å². The van der Waals surface area contributed by atoms with Crippen LogP contribution in [-0.2, 0) is 28.7 Å². The lowest BCUT2D eigenvalue weighted by Crippen LogP contribution is -2.33. The van der Waals surface area contributed by atoms with Gasteiger partial charge < -0.3 is 25.2 Å². The highest BCUT2D eigenvalue weighted by Crippen LogP contribution is 2.18. The zero-order valence-electron chi connectivity index (χ0n) is 18.4. The quantitative estimate of drug-likeness (QED) is 0.242. The molecule has 30 heavy (non-hydrogen) atoms. The van der Waals surface area contributed by atoms with E-state index in [1.807, 2.05) is 13.8 Å². The zero-order valence-corrected chi connectivity index (χ0v) is 18.4. The van der Waals surface area contributed by atoms with Crippen molar-refractivity contribution in [1.29, 1.82) is 0 Å². The molecule has 0 aromatic rings. The Morgan fingerprint density at radius 3 is 2.00 bits per heavy atom. The number of ether oxygens (including phenoxy) is 2. The molecule has 0 aromatic carbocycles. The van der Waals surface area contributed by atoms with Gasteiger partial charge in [0.2, 0.25) is 23.6 Å². The van der Waals surface area contributed by atoms with Crippen molar-refractivity contribution in [3.05, 3.63) is 0 Å². The van der Waals surface area contributed by atoms with Gasteiger partial charge in [-0.3, -0.25) is 24.1 Å². The van der Waals surface area contributed by atoms with Gasteiger partial charge in [0, 0.05) is 44.8 Å². The molecule has 1 unspecified atom stereocenters. The second-order valence-electron chi connectivity index (χ2n) is 6.49. The number of hydrogen-bond acceptors (Lipinski definition) is 7. The minimum Gasteiger partial charge on any atom is -0.396 e. The van der Waals surface area contributed by atoms with E-state index in [9.17, 15) is 19.2 Å². The first kappa shape index (κ1) is 28.0. The first-order chi connectivity index (χ1) is 14.5. The molecule has 1 aliphatic heterocycles. The fourth-order valence-corrected chi connectivity index (χ4v) is 2.61. The van der Waals surface area contributed by atoms with E-state index in [2.05, 4.69) is 10.6 Å². The average Bonchev–Trinajstić information content (AvgIpc) is 2.97. The Morgan fingerprint density at radius 1 is 1.00 bits per heavy atom. The molecule has 10 heteroatoms. The fraction of sp³-hybridized carbons (Fsp3) is 0.800. The summed E-state index contributed by atoms with van der Waals surface area (Å²) in [6.45, 7) is 8.04. The number of imide groups is 1. The van der Waals surface area contributed by atoms with Crippen LogP contribution in [0.15, 0.2) is 0 Å². The number of hydrogen-bond donors (Lipinski definition) is 3. The van der Waals surface area contributed by atoms with E-state index < -0.39 is 0 Å². The van der Waals surface area contributed by atoms with E-state index in [-0.39, 0.29) is 62.0 Å². The number of nitrogens with one attached hydrogen (secondary N) is 2. The number of amides is 4. The highest BCUT2D eigenvalue weighted by molar-refractivity contribution is 6.03. The Hall–Kier alpha value is -2.04. The van der Waals surface area contributed by atoms with E-state index in [4.69, 9.17) is 14.6 Å². The first-order valence-corrected chi connectivity index (χ1v) is 10.6. The van der Waals surface area contributed by atoms with E-state index >= 15 is 0 Å². The number of rotatable bonds is 15. The highest BCUT2D eigenvalue weighted by Gasteiger charge is 2.34. The predicted molar refractivity (Wildman–Crippen MR) is 110 cm³/mol. The molecule has 0 radical (unpaired) electrons. The van der Waals surface area contributed by atoms with Crippen LogP contribution in [0.25, 0.3) is 0 Å². The Kier molecular flexibility index (Phi) is 16.6. The standard InChI is InChI=1S/C18H31N3O7.C2H6/c1-14-13-17(25)21(18(14)26)7-2-3-15(23)19-5-9-27-11-12-28-10-6-20-16(24)4-8-22;1-2/h14,22H,2-13H2,1H3,(H,19,23)(H,20,24);1-2H3. The maximum Gasteiger partial charge on any atom is 0.232 e.